The molecule has 0 saturated heterocycles. The van der Waals surface area contributed by atoms with E-state index in [0.29, 0.717) is 6.04 Å². The van der Waals surface area contributed by atoms with E-state index in [4.69, 9.17) is 19.4 Å². The molecule has 0 aliphatic carbocycles. The quantitative estimate of drug-likeness (QED) is 0.283. The highest BCUT2D eigenvalue weighted by atomic mass is 16.7. The van der Waals surface area contributed by atoms with E-state index in [1.54, 1.807) is 0 Å². The lowest BCUT2D eigenvalue weighted by Crippen LogP contribution is -2.41. The Morgan fingerprint density at radius 3 is 2.51 bits per heavy atom. The average Bonchev–Trinajstić information content (AvgIpc) is 3.40. The summed E-state index contributed by atoms with van der Waals surface area (Å²) in [5.41, 5.74) is 5.86. The zero-order valence-corrected chi connectivity index (χ0v) is 25.3. The molecule has 2 aromatic rings. The van der Waals surface area contributed by atoms with E-state index in [1.807, 2.05) is 36.6 Å². The van der Waals surface area contributed by atoms with Gasteiger partial charge in [-0.25, -0.2) is 0 Å². The number of benzene rings is 1. The third-order valence-electron chi connectivity index (χ3n) is 6.49. The van der Waals surface area contributed by atoms with Crippen LogP contribution in [0.25, 0.3) is 11.1 Å². The molecule has 9 heteroatoms. The lowest BCUT2D eigenvalue weighted by Gasteiger charge is -2.39. The Balaban J connectivity index is 0.00000181. The van der Waals surface area contributed by atoms with Crippen molar-refractivity contribution in [1.29, 1.82) is 0 Å². The van der Waals surface area contributed by atoms with Gasteiger partial charge in [-0.15, -0.1) is 0 Å². The van der Waals surface area contributed by atoms with Crippen LogP contribution in [0.5, 0.6) is 0 Å². The van der Waals surface area contributed by atoms with Crippen LogP contribution < -0.4 is 10.2 Å². The normalized spacial score (nSPS) is 17.5. The fraction of sp³-hybridized carbons (Fsp3) is 0.533. The van der Waals surface area contributed by atoms with Crippen molar-refractivity contribution in [2.75, 3.05) is 32.1 Å². The van der Waals surface area contributed by atoms with Crippen LogP contribution in [0, 0.1) is 0 Å². The second kappa shape index (κ2) is 16.0. The number of fused-ring (bicyclic) bond motifs is 1. The predicted molar refractivity (Wildman–Crippen MR) is 161 cm³/mol. The largest absolute Gasteiger partial charge is 0.372 e. The number of hydrogen-bond acceptors (Lipinski definition) is 7. The number of amidine groups is 1. The molecule has 0 fully saturated rings. The van der Waals surface area contributed by atoms with Gasteiger partial charge in [-0.05, 0) is 83.7 Å². The topological polar surface area (TPSA) is 92.1 Å². The highest BCUT2D eigenvalue weighted by Gasteiger charge is 2.29. The van der Waals surface area contributed by atoms with Crippen LogP contribution in [0.3, 0.4) is 0 Å². The number of hydrogen-bond donors (Lipinski definition) is 1. The van der Waals surface area contributed by atoms with Crippen molar-refractivity contribution >= 4 is 25.1 Å². The Kier molecular flexibility index (Phi) is 13.8. The molecule has 1 aromatic carbocycles. The summed E-state index contributed by atoms with van der Waals surface area (Å²) in [6, 6.07) is 7.42. The highest BCUT2D eigenvalue weighted by Crippen LogP contribution is 2.38. The summed E-state index contributed by atoms with van der Waals surface area (Å²) in [5.74, 6) is 0.988. The van der Waals surface area contributed by atoms with Crippen LogP contribution in [-0.4, -0.2) is 73.1 Å². The second-order valence-electron chi connectivity index (χ2n) is 10.5. The molecule has 39 heavy (non-hydrogen) atoms. The SMILES string of the molecule is C/C=C(/C)C(=NCC)N[C@@H]1C[C@H](C)N(C)c2ccc(-c3cnn(CCN(C)OC(C)(C)C)c3)cc21.C=O.C=O. The van der Waals surface area contributed by atoms with Crippen molar-refractivity contribution in [3.8, 4) is 11.1 Å². The Bertz CT molecular complexity index is 1090. The number of likely N-dealkylation sites (N-methyl/N-ethyl adjacent to an activating group) is 1. The lowest BCUT2D eigenvalue weighted by atomic mass is 9.89. The first-order valence-electron chi connectivity index (χ1n) is 13.3. The standard InChI is InChI=1S/C28H44N6O.2CH2O/c1-10-20(3)27(29-11-2)31-25-16-21(4)33(9)26-13-12-22(17-24(25)26)23-18-30-34(19-23)15-14-32(8)35-28(5,6)7;2*1-2/h10,12-13,17-19,21,25H,11,14-16H2,1-9H3,(H,29,31);2*1H2/b20-10-;;/t21-,25+;;/m0../s1. The maximum atomic E-state index is 8.00. The van der Waals surface area contributed by atoms with Gasteiger partial charge in [-0.2, -0.15) is 10.2 Å². The van der Waals surface area contributed by atoms with Gasteiger partial charge < -0.3 is 19.8 Å². The Morgan fingerprint density at radius 2 is 1.92 bits per heavy atom. The fourth-order valence-electron chi connectivity index (χ4n) is 4.47. The van der Waals surface area contributed by atoms with Gasteiger partial charge in [0, 0.05) is 50.7 Å². The van der Waals surface area contributed by atoms with Crippen LogP contribution in [0.2, 0.25) is 0 Å². The minimum Gasteiger partial charge on any atom is -0.372 e. The summed E-state index contributed by atoms with van der Waals surface area (Å²) in [6.45, 7) is 21.0. The zero-order chi connectivity index (χ0) is 29.8. The van der Waals surface area contributed by atoms with Gasteiger partial charge in [0.25, 0.3) is 0 Å². The number of carbonyl (C=O) groups excluding carboxylic acids is 2. The third-order valence-corrected chi connectivity index (χ3v) is 6.49. The summed E-state index contributed by atoms with van der Waals surface area (Å²) < 4.78 is 1.99. The number of carbonyl (C=O) groups is 2. The molecule has 1 aliphatic heterocycles. The van der Waals surface area contributed by atoms with Crippen molar-refractivity contribution < 1.29 is 14.4 Å². The molecular weight excluding hydrogens is 492 g/mol. The lowest BCUT2D eigenvalue weighted by molar-refractivity contribution is -0.214. The number of hydroxylamine groups is 2. The number of nitrogens with zero attached hydrogens (tertiary/aromatic N) is 5. The molecule has 0 saturated carbocycles. The van der Waals surface area contributed by atoms with Crippen molar-refractivity contribution in [2.24, 2.45) is 4.99 Å². The molecule has 0 bridgehead atoms. The first-order valence-corrected chi connectivity index (χ1v) is 13.3. The average molecular weight is 541 g/mol. The minimum absolute atomic E-state index is 0.199. The summed E-state index contributed by atoms with van der Waals surface area (Å²) >= 11 is 0. The van der Waals surface area contributed by atoms with Crippen LogP contribution in [0.15, 0.2) is 47.2 Å². The van der Waals surface area contributed by atoms with E-state index in [1.165, 1.54) is 22.4 Å². The van der Waals surface area contributed by atoms with Crippen LogP contribution in [-0.2, 0) is 21.0 Å². The molecule has 9 nitrogen and oxygen atoms in total. The van der Waals surface area contributed by atoms with Crippen LogP contribution in [0.1, 0.15) is 66.5 Å². The second-order valence-corrected chi connectivity index (χ2v) is 10.5. The number of rotatable bonds is 8. The minimum atomic E-state index is -0.199. The first kappa shape index (κ1) is 33.7. The zero-order valence-electron chi connectivity index (χ0n) is 25.3. The van der Waals surface area contributed by atoms with E-state index in [-0.39, 0.29) is 11.6 Å². The highest BCUT2D eigenvalue weighted by molar-refractivity contribution is 5.98. The van der Waals surface area contributed by atoms with Gasteiger partial charge >= 0.3 is 0 Å². The van der Waals surface area contributed by atoms with Gasteiger partial charge in [-0.1, -0.05) is 12.1 Å². The first-order chi connectivity index (χ1) is 18.5. The van der Waals surface area contributed by atoms with Crippen LogP contribution in [0.4, 0.5) is 5.69 Å². The Morgan fingerprint density at radius 1 is 1.26 bits per heavy atom. The van der Waals surface area contributed by atoms with Gasteiger partial charge in [0.2, 0.25) is 0 Å². The summed E-state index contributed by atoms with van der Waals surface area (Å²) in [7, 11) is 4.15. The number of aliphatic imine (C=N–C) groups is 1. The number of aromatic nitrogens is 2. The molecule has 2 atom stereocenters. The van der Waals surface area contributed by atoms with Gasteiger partial charge in [0.15, 0.2) is 0 Å². The van der Waals surface area contributed by atoms with E-state index >= 15 is 0 Å². The van der Waals surface area contributed by atoms with Gasteiger partial charge in [0.1, 0.15) is 19.4 Å². The molecular formula is C30H48N6O3. The molecule has 0 spiro atoms. The monoisotopic (exact) mass is 540 g/mol. The maximum Gasteiger partial charge on any atom is 0.123 e. The molecule has 1 aromatic heterocycles. The van der Waals surface area contributed by atoms with E-state index in [0.717, 1.165) is 37.5 Å². The molecule has 1 aliphatic rings. The van der Waals surface area contributed by atoms with E-state index in [2.05, 4.69) is 101 Å². The summed E-state index contributed by atoms with van der Waals surface area (Å²) in [4.78, 5) is 29.0. The molecule has 216 valence electrons. The molecule has 0 unspecified atom stereocenters. The molecule has 1 N–H and O–H groups in total. The summed E-state index contributed by atoms with van der Waals surface area (Å²) in [6.07, 6.45) is 7.22. The Hall–Kier alpha value is -3.30. The predicted octanol–water partition coefficient (Wildman–Crippen LogP) is 5.09. The van der Waals surface area contributed by atoms with Gasteiger partial charge in [0.05, 0.1) is 24.4 Å². The van der Waals surface area contributed by atoms with E-state index < -0.39 is 0 Å². The maximum absolute atomic E-state index is 8.00. The third kappa shape index (κ3) is 9.75. The van der Waals surface area contributed by atoms with E-state index in [9.17, 15) is 0 Å². The molecule has 0 amide bonds. The Labute approximate surface area is 234 Å². The molecule has 2 heterocycles. The smallest absolute Gasteiger partial charge is 0.123 e. The number of nitrogens with one attached hydrogen (secondary N) is 1. The number of allylic oxidation sites excluding steroid dienone is 1. The van der Waals surface area contributed by atoms with Crippen molar-refractivity contribution in [1.82, 2.24) is 20.2 Å². The molecule has 0 radical (unpaired) electrons. The van der Waals surface area contributed by atoms with Crippen molar-refractivity contribution in [3.05, 3.63) is 47.8 Å². The summed E-state index contributed by atoms with van der Waals surface area (Å²) in [5, 5.41) is 10.3. The molecule has 3 rings (SSSR count). The number of anilines is 1. The van der Waals surface area contributed by atoms with Crippen LogP contribution >= 0.6 is 0 Å². The van der Waals surface area contributed by atoms with Crippen molar-refractivity contribution in [3.63, 3.8) is 0 Å². The fourth-order valence-corrected chi connectivity index (χ4v) is 4.47. The van der Waals surface area contributed by atoms with Gasteiger partial charge in [-0.3, -0.25) is 14.5 Å². The van der Waals surface area contributed by atoms with Crippen molar-refractivity contribution in [2.45, 2.75) is 79.1 Å².